The van der Waals surface area contributed by atoms with Crippen LogP contribution in [0, 0.1) is 28.6 Å². The second-order valence-electron chi connectivity index (χ2n) is 8.60. The number of aliphatic hydroxyl groups is 1. The summed E-state index contributed by atoms with van der Waals surface area (Å²) >= 11 is 0. The summed E-state index contributed by atoms with van der Waals surface area (Å²) in [7, 11) is 0. The van der Waals surface area contributed by atoms with Crippen molar-refractivity contribution in [2.45, 2.75) is 64.8 Å². The van der Waals surface area contributed by atoms with Gasteiger partial charge in [-0.05, 0) is 31.1 Å². The second kappa shape index (κ2) is 3.61. The largest absolute Gasteiger partial charge is 0.389 e. The fraction of sp³-hybridized carbons (Fsp3) is 1.00. The van der Waals surface area contributed by atoms with Crippen molar-refractivity contribution >= 4 is 0 Å². The minimum Gasteiger partial charge on any atom is -0.389 e. The number of hydrogen-bond donors (Lipinski definition) is 1. The van der Waals surface area contributed by atoms with Crippen molar-refractivity contribution in [2.75, 3.05) is 13.2 Å². The maximum atomic E-state index is 11.6. The number of hydrogen-bond acceptors (Lipinski definition) is 3. The van der Waals surface area contributed by atoms with Gasteiger partial charge in [-0.2, -0.15) is 0 Å². The molecule has 1 spiro atoms. The van der Waals surface area contributed by atoms with Crippen LogP contribution >= 0.6 is 0 Å². The normalized spacial score (nSPS) is 55.4. The molecule has 0 aromatic rings. The summed E-state index contributed by atoms with van der Waals surface area (Å²) in [5.74, 6) is 1.21. The minimum atomic E-state index is -0.569. The van der Waals surface area contributed by atoms with Crippen LogP contribution in [0.2, 0.25) is 0 Å². The highest BCUT2D eigenvalue weighted by Gasteiger charge is 2.77. The molecule has 20 heavy (non-hydrogen) atoms. The Morgan fingerprint density at radius 3 is 2.40 bits per heavy atom. The van der Waals surface area contributed by atoms with Gasteiger partial charge in [-0.1, -0.05) is 27.7 Å². The van der Waals surface area contributed by atoms with Crippen molar-refractivity contribution in [3.8, 4) is 0 Å². The third-order valence-electron chi connectivity index (χ3n) is 7.76. The van der Waals surface area contributed by atoms with E-state index in [1.54, 1.807) is 0 Å². The van der Waals surface area contributed by atoms with Gasteiger partial charge in [0.05, 0.1) is 18.8 Å². The Balaban J connectivity index is 1.87. The average molecular weight is 280 g/mol. The molecule has 5 atom stereocenters. The van der Waals surface area contributed by atoms with Crippen LogP contribution in [0.25, 0.3) is 0 Å². The summed E-state index contributed by atoms with van der Waals surface area (Å²) in [6.07, 6.45) is 4.11. The van der Waals surface area contributed by atoms with Crippen molar-refractivity contribution < 1.29 is 14.6 Å². The third kappa shape index (κ3) is 1.21. The number of rotatable bonds is 0. The van der Waals surface area contributed by atoms with E-state index in [0.29, 0.717) is 31.0 Å². The molecule has 4 aliphatic carbocycles. The molecule has 0 amide bonds. The molecule has 0 aromatic heterocycles. The van der Waals surface area contributed by atoms with Gasteiger partial charge in [-0.25, -0.2) is 0 Å². The lowest BCUT2D eigenvalue weighted by Gasteiger charge is -2.74. The van der Waals surface area contributed by atoms with E-state index in [2.05, 4.69) is 27.7 Å². The molecule has 5 fully saturated rings. The van der Waals surface area contributed by atoms with Crippen LogP contribution in [-0.4, -0.2) is 29.7 Å². The highest BCUT2D eigenvalue weighted by Crippen LogP contribution is 2.74. The summed E-state index contributed by atoms with van der Waals surface area (Å²) in [4.78, 5) is 0. The zero-order valence-electron chi connectivity index (χ0n) is 13.2. The maximum absolute atomic E-state index is 11.6. The Hall–Kier alpha value is -0.120. The Labute approximate surface area is 122 Å². The molecular weight excluding hydrogens is 252 g/mol. The quantitative estimate of drug-likeness (QED) is 0.741. The van der Waals surface area contributed by atoms with Crippen LogP contribution in [0.15, 0.2) is 0 Å². The van der Waals surface area contributed by atoms with E-state index < -0.39 is 11.4 Å². The van der Waals surface area contributed by atoms with Crippen molar-refractivity contribution in [3.05, 3.63) is 0 Å². The standard InChI is InChI=1S/C17H28O3/c1-11-5-6-17(18)14(2,3)13-9-12(11)15(17,4)10-16(13)19-7-8-20-16/h11-13,18H,5-10H2,1-4H3/t11-,12-,13+,15+,17+/m0/s1. The van der Waals surface area contributed by atoms with E-state index in [0.717, 1.165) is 25.7 Å². The van der Waals surface area contributed by atoms with Crippen LogP contribution in [0.3, 0.4) is 0 Å². The first-order valence-corrected chi connectivity index (χ1v) is 8.27. The number of ether oxygens (including phenoxy) is 2. The molecule has 1 aliphatic heterocycles. The van der Waals surface area contributed by atoms with E-state index in [-0.39, 0.29) is 10.8 Å². The molecule has 1 heterocycles. The zero-order chi connectivity index (χ0) is 14.4. The molecule has 4 saturated carbocycles. The summed E-state index contributed by atoms with van der Waals surface area (Å²) in [6, 6.07) is 0. The second-order valence-corrected chi connectivity index (χ2v) is 8.60. The highest BCUT2D eigenvalue weighted by atomic mass is 16.7. The maximum Gasteiger partial charge on any atom is 0.172 e. The lowest BCUT2D eigenvalue weighted by molar-refractivity contribution is -0.383. The van der Waals surface area contributed by atoms with Crippen molar-refractivity contribution in [3.63, 3.8) is 0 Å². The van der Waals surface area contributed by atoms with Crippen molar-refractivity contribution in [1.29, 1.82) is 0 Å². The van der Waals surface area contributed by atoms with Crippen LogP contribution in [-0.2, 0) is 9.47 Å². The van der Waals surface area contributed by atoms with Crippen molar-refractivity contribution in [1.82, 2.24) is 0 Å². The van der Waals surface area contributed by atoms with Gasteiger partial charge in [0, 0.05) is 23.2 Å². The lowest BCUT2D eigenvalue weighted by atomic mass is 9.34. The molecule has 1 N–H and O–H groups in total. The van der Waals surface area contributed by atoms with Gasteiger partial charge < -0.3 is 14.6 Å². The SMILES string of the molecule is C[C@H]1CC[C@@]2(O)C(C)(C)[C@H]3C[C@@H]1[C@@]2(C)CC31OCCO1. The van der Waals surface area contributed by atoms with E-state index in [9.17, 15) is 5.11 Å². The van der Waals surface area contributed by atoms with Crippen LogP contribution in [0.4, 0.5) is 0 Å². The topological polar surface area (TPSA) is 38.7 Å². The van der Waals surface area contributed by atoms with Gasteiger partial charge >= 0.3 is 0 Å². The monoisotopic (exact) mass is 280 g/mol. The molecule has 5 rings (SSSR count). The van der Waals surface area contributed by atoms with Crippen LogP contribution in [0.5, 0.6) is 0 Å². The zero-order valence-corrected chi connectivity index (χ0v) is 13.2. The Bertz CT molecular complexity index is 440. The molecule has 0 radical (unpaired) electrons. The van der Waals surface area contributed by atoms with E-state index in [1.807, 2.05) is 0 Å². The van der Waals surface area contributed by atoms with Gasteiger partial charge in [0.2, 0.25) is 0 Å². The lowest BCUT2D eigenvalue weighted by Crippen LogP contribution is -2.77. The first-order chi connectivity index (χ1) is 9.27. The smallest absolute Gasteiger partial charge is 0.172 e. The summed E-state index contributed by atoms with van der Waals surface area (Å²) in [6.45, 7) is 10.6. The third-order valence-corrected chi connectivity index (χ3v) is 7.76. The molecule has 114 valence electrons. The minimum absolute atomic E-state index is 0.0761. The fourth-order valence-electron chi connectivity index (χ4n) is 6.66. The van der Waals surface area contributed by atoms with Gasteiger partial charge in [-0.3, -0.25) is 0 Å². The van der Waals surface area contributed by atoms with E-state index >= 15 is 0 Å². The first kappa shape index (κ1) is 13.5. The Kier molecular flexibility index (Phi) is 2.44. The van der Waals surface area contributed by atoms with Gasteiger partial charge in [0.15, 0.2) is 5.79 Å². The first-order valence-electron chi connectivity index (χ1n) is 8.27. The fourth-order valence-corrected chi connectivity index (χ4v) is 6.66. The van der Waals surface area contributed by atoms with Crippen LogP contribution in [0.1, 0.15) is 53.4 Å². The molecular formula is C17H28O3. The average Bonchev–Trinajstić information content (AvgIpc) is 2.80. The molecule has 0 aromatic carbocycles. The molecule has 3 nitrogen and oxygen atoms in total. The predicted octanol–water partition coefficient (Wildman–Crippen LogP) is 2.96. The summed E-state index contributed by atoms with van der Waals surface area (Å²) in [5.41, 5.74) is -0.783. The molecule has 1 saturated heterocycles. The Morgan fingerprint density at radius 2 is 1.75 bits per heavy atom. The summed E-state index contributed by atoms with van der Waals surface area (Å²) < 4.78 is 12.3. The molecule has 4 bridgehead atoms. The Morgan fingerprint density at radius 1 is 1.10 bits per heavy atom. The summed E-state index contributed by atoms with van der Waals surface area (Å²) in [5, 5.41) is 11.6. The van der Waals surface area contributed by atoms with Crippen molar-refractivity contribution in [2.24, 2.45) is 28.6 Å². The molecule has 5 aliphatic rings. The predicted molar refractivity (Wildman–Crippen MR) is 76.1 cm³/mol. The molecule has 0 unspecified atom stereocenters. The van der Waals surface area contributed by atoms with Crippen LogP contribution < -0.4 is 0 Å². The van der Waals surface area contributed by atoms with Gasteiger partial charge in [0.25, 0.3) is 0 Å². The van der Waals surface area contributed by atoms with Gasteiger partial charge in [-0.15, -0.1) is 0 Å². The highest BCUT2D eigenvalue weighted by molar-refractivity contribution is 5.24. The van der Waals surface area contributed by atoms with E-state index in [1.165, 1.54) is 0 Å². The molecule has 3 heteroatoms. The van der Waals surface area contributed by atoms with Gasteiger partial charge in [0.1, 0.15) is 0 Å². The van der Waals surface area contributed by atoms with E-state index in [4.69, 9.17) is 9.47 Å².